The molecule has 1 fully saturated rings. The van der Waals surface area contributed by atoms with Crippen molar-refractivity contribution in [1.82, 2.24) is 4.98 Å². The van der Waals surface area contributed by atoms with Crippen LogP contribution in [-0.2, 0) is 6.42 Å². The Bertz CT molecular complexity index is 424. The highest BCUT2D eigenvalue weighted by Crippen LogP contribution is 2.48. The first kappa shape index (κ1) is 16.3. The largest absolute Gasteiger partial charge is 0.250 e. The zero-order valence-corrected chi connectivity index (χ0v) is 14.9. The van der Waals surface area contributed by atoms with Gasteiger partial charge in [0, 0.05) is 10.8 Å². The van der Waals surface area contributed by atoms with E-state index in [1.54, 1.807) is 11.3 Å². The van der Waals surface area contributed by atoms with Crippen LogP contribution in [0.2, 0.25) is 0 Å². The maximum atomic E-state index is 6.37. The van der Waals surface area contributed by atoms with E-state index in [9.17, 15) is 0 Å². The van der Waals surface area contributed by atoms with Crippen molar-refractivity contribution in [3.63, 3.8) is 0 Å². The minimum absolute atomic E-state index is 0.375. The van der Waals surface area contributed by atoms with Crippen LogP contribution in [0.4, 0.5) is 0 Å². The Morgan fingerprint density at radius 2 is 2.00 bits per heavy atom. The molecule has 1 saturated carbocycles. The van der Waals surface area contributed by atoms with Gasteiger partial charge in [-0.05, 0) is 62.2 Å². The Balaban J connectivity index is 1.93. The first-order valence-corrected chi connectivity index (χ1v) is 9.23. The van der Waals surface area contributed by atoms with Crippen molar-refractivity contribution >= 4 is 22.9 Å². The average molecular weight is 314 g/mol. The van der Waals surface area contributed by atoms with Gasteiger partial charge in [-0.2, -0.15) is 0 Å². The van der Waals surface area contributed by atoms with Crippen molar-refractivity contribution in [2.45, 2.75) is 66.2 Å². The second kappa shape index (κ2) is 6.36. The molecular formula is C17H28ClNS. The molecule has 1 heterocycles. The van der Waals surface area contributed by atoms with E-state index in [2.05, 4.69) is 32.7 Å². The molecule has 114 valence electrons. The normalized spacial score (nSPS) is 27.8. The maximum Gasteiger partial charge on any atom is 0.0797 e. The summed E-state index contributed by atoms with van der Waals surface area (Å²) < 4.78 is 0. The molecule has 0 aliphatic heterocycles. The lowest BCUT2D eigenvalue weighted by atomic mass is 9.63. The third-order valence-corrected chi connectivity index (χ3v) is 6.84. The number of halogens is 1. The van der Waals surface area contributed by atoms with Crippen molar-refractivity contribution in [1.29, 1.82) is 0 Å². The Kier molecular flexibility index (Phi) is 5.18. The van der Waals surface area contributed by atoms with Crippen molar-refractivity contribution in [2.75, 3.05) is 5.88 Å². The SMILES string of the molecule is Cc1ncsc1CCC1(CCl)CCC(C(C)(C)C)CC1. The zero-order valence-electron chi connectivity index (χ0n) is 13.3. The molecule has 3 heteroatoms. The van der Waals surface area contributed by atoms with Gasteiger partial charge >= 0.3 is 0 Å². The lowest BCUT2D eigenvalue weighted by Gasteiger charge is -2.43. The van der Waals surface area contributed by atoms with Crippen LogP contribution >= 0.6 is 22.9 Å². The minimum Gasteiger partial charge on any atom is -0.250 e. The number of thiazole rings is 1. The van der Waals surface area contributed by atoms with Crippen molar-refractivity contribution < 1.29 is 0 Å². The molecule has 0 aromatic carbocycles. The Morgan fingerprint density at radius 3 is 2.45 bits per heavy atom. The lowest BCUT2D eigenvalue weighted by Crippen LogP contribution is -2.34. The van der Waals surface area contributed by atoms with E-state index in [-0.39, 0.29) is 0 Å². The van der Waals surface area contributed by atoms with E-state index < -0.39 is 0 Å². The van der Waals surface area contributed by atoms with Crippen LogP contribution in [0.15, 0.2) is 5.51 Å². The van der Waals surface area contributed by atoms with Gasteiger partial charge in [0.15, 0.2) is 0 Å². The van der Waals surface area contributed by atoms with E-state index in [0.717, 1.165) is 18.2 Å². The molecule has 0 radical (unpaired) electrons. The van der Waals surface area contributed by atoms with Gasteiger partial charge in [0.25, 0.3) is 0 Å². The first-order chi connectivity index (χ1) is 9.36. The summed E-state index contributed by atoms with van der Waals surface area (Å²) in [5, 5.41) is 0. The lowest BCUT2D eigenvalue weighted by molar-refractivity contribution is 0.0960. The third kappa shape index (κ3) is 3.76. The highest BCUT2D eigenvalue weighted by Gasteiger charge is 2.38. The van der Waals surface area contributed by atoms with Gasteiger partial charge in [0.1, 0.15) is 0 Å². The van der Waals surface area contributed by atoms with Gasteiger partial charge in [-0.15, -0.1) is 22.9 Å². The second-order valence-electron chi connectivity index (χ2n) is 7.63. The highest BCUT2D eigenvalue weighted by molar-refractivity contribution is 7.09. The predicted octanol–water partition coefficient (Wildman–Crippen LogP) is 5.85. The number of rotatable bonds is 4. The molecule has 2 rings (SSSR count). The van der Waals surface area contributed by atoms with Crippen LogP contribution in [0.25, 0.3) is 0 Å². The molecule has 1 nitrogen and oxygen atoms in total. The fraction of sp³-hybridized carbons (Fsp3) is 0.824. The molecule has 0 unspecified atom stereocenters. The summed E-state index contributed by atoms with van der Waals surface area (Å²) in [6.07, 6.45) is 7.68. The highest BCUT2D eigenvalue weighted by atomic mass is 35.5. The third-order valence-electron chi connectivity index (χ3n) is 5.28. The van der Waals surface area contributed by atoms with Crippen LogP contribution in [0.1, 0.15) is 63.4 Å². The van der Waals surface area contributed by atoms with E-state index >= 15 is 0 Å². The number of alkyl halides is 1. The number of hydrogen-bond acceptors (Lipinski definition) is 2. The van der Waals surface area contributed by atoms with E-state index in [1.807, 2.05) is 5.51 Å². The standard InChI is InChI=1S/C17H28ClNS/c1-13-15(20-12-19-13)7-10-17(11-18)8-5-14(6-9-17)16(2,3)4/h12,14H,5-11H2,1-4H3. The predicted molar refractivity (Wildman–Crippen MR) is 89.7 cm³/mol. The zero-order chi connectivity index (χ0) is 14.8. The maximum absolute atomic E-state index is 6.37. The number of aromatic nitrogens is 1. The van der Waals surface area contributed by atoms with Crippen LogP contribution < -0.4 is 0 Å². The molecule has 0 saturated heterocycles. The van der Waals surface area contributed by atoms with Crippen LogP contribution in [0.5, 0.6) is 0 Å². The van der Waals surface area contributed by atoms with Gasteiger partial charge in [0.2, 0.25) is 0 Å². The number of aryl methyl sites for hydroxylation is 2. The van der Waals surface area contributed by atoms with Gasteiger partial charge in [0.05, 0.1) is 11.2 Å². The van der Waals surface area contributed by atoms with Crippen LogP contribution in [-0.4, -0.2) is 10.9 Å². The average Bonchev–Trinajstić information content (AvgIpc) is 2.81. The summed E-state index contributed by atoms with van der Waals surface area (Å²) in [5.74, 6) is 1.69. The Morgan fingerprint density at radius 1 is 1.35 bits per heavy atom. The fourth-order valence-electron chi connectivity index (χ4n) is 3.49. The molecule has 0 atom stereocenters. The molecule has 1 aromatic rings. The quantitative estimate of drug-likeness (QED) is 0.636. The van der Waals surface area contributed by atoms with Crippen LogP contribution in [0.3, 0.4) is 0 Å². The van der Waals surface area contributed by atoms with Crippen molar-refractivity contribution in [3.8, 4) is 0 Å². The van der Waals surface area contributed by atoms with Gasteiger partial charge < -0.3 is 0 Å². The molecule has 1 aliphatic carbocycles. The molecule has 20 heavy (non-hydrogen) atoms. The summed E-state index contributed by atoms with van der Waals surface area (Å²) in [4.78, 5) is 5.81. The minimum atomic E-state index is 0.375. The molecule has 1 aromatic heterocycles. The molecule has 1 aliphatic rings. The summed E-state index contributed by atoms with van der Waals surface area (Å²) in [6, 6.07) is 0. The first-order valence-electron chi connectivity index (χ1n) is 7.81. The Labute approximate surface area is 133 Å². The van der Waals surface area contributed by atoms with Crippen LogP contribution in [0, 0.1) is 23.7 Å². The molecule has 0 bridgehead atoms. The molecular weight excluding hydrogens is 286 g/mol. The molecule has 0 N–H and O–H groups in total. The fourth-order valence-corrected chi connectivity index (χ4v) is 4.67. The molecule has 0 amide bonds. The van der Waals surface area contributed by atoms with Crippen molar-refractivity contribution in [3.05, 3.63) is 16.1 Å². The summed E-state index contributed by atoms with van der Waals surface area (Å²) in [5.41, 5.74) is 4.00. The topological polar surface area (TPSA) is 12.9 Å². The van der Waals surface area contributed by atoms with E-state index in [0.29, 0.717) is 10.8 Å². The van der Waals surface area contributed by atoms with Gasteiger partial charge in [-0.3, -0.25) is 0 Å². The molecule has 0 spiro atoms. The smallest absolute Gasteiger partial charge is 0.0797 e. The monoisotopic (exact) mass is 313 g/mol. The number of hydrogen-bond donors (Lipinski definition) is 0. The Hall–Kier alpha value is -0.0800. The summed E-state index contributed by atoms with van der Waals surface area (Å²) in [7, 11) is 0. The van der Waals surface area contributed by atoms with E-state index in [1.165, 1.54) is 42.7 Å². The van der Waals surface area contributed by atoms with E-state index in [4.69, 9.17) is 11.6 Å². The van der Waals surface area contributed by atoms with Gasteiger partial charge in [-0.1, -0.05) is 20.8 Å². The summed E-state index contributed by atoms with van der Waals surface area (Å²) in [6.45, 7) is 9.26. The summed E-state index contributed by atoms with van der Waals surface area (Å²) >= 11 is 8.16. The number of nitrogens with zero attached hydrogens (tertiary/aromatic N) is 1. The second-order valence-corrected chi connectivity index (χ2v) is 8.84. The van der Waals surface area contributed by atoms with Gasteiger partial charge in [-0.25, -0.2) is 4.98 Å². The van der Waals surface area contributed by atoms with Crippen molar-refractivity contribution in [2.24, 2.45) is 16.7 Å².